The van der Waals surface area contributed by atoms with Gasteiger partial charge >= 0.3 is 0 Å². The summed E-state index contributed by atoms with van der Waals surface area (Å²) in [7, 11) is 0. The summed E-state index contributed by atoms with van der Waals surface area (Å²) >= 11 is 0. The quantitative estimate of drug-likeness (QED) is 0.445. The average molecular weight is 246 g/mol. The lowest BCUT2D eigenvalue weighted by atomic mass is 9.99. The zero-order valence-electron chi connectivity index (χ0n) is 12.9. The maximum absolute atomic E-state index is 3.77. The molecule has 0 bridgehead atoms. The molecule has 0 fully saturated rings. The number of allylic oxidation sites excluding steroid dienone is 7. The van der Waals surface area contributed by atoms with E-state index in [1.165, 1.54) is 24.0 Å². The second kappa shape index (κ2) is 9.94. The summed E-state index contributed by atoms with van der Waals surface area (Å²) in [6.45, 7) is 15.0. The van der Waals surface area contributed by atoms with Crippen LogP contribution in [-0.4, -0.2) is 0 Å². The van der Waals surface area contributed by atoms with Crippen LogP contribution in [0, 0.1) is 5.92 Å². The third kappa shape index (κ3) is 7.32. The van der Waals surface area contributed by atoms with Gasteiger partial charge in [-0.2, -0.15) is 0 Å². The normalized spacial score (nSPS) is 14.2. The summed E-state index contributed by atoms with van der Waals surface area (Å²) in [6.07, 6.45) is 13.3. The molecule has 0 amide bonds. The molecule has 0 nitrogen and oxygen atoms in total. The first-order valence-electron chi connectivity index (χ1n) is 7.23. The first-order valence-corrected chi connectivity index (χ1v) is 7.23. The Morgan fingerprint density at radius 3 is 2.17 bits per heavy atom. The van der Waals surface area contributed by atoms with Gasteiger partial charge in [0, 0.05) is 0 Å². The molecule has 0 rings (SSSR count). The number of hydrogen-bond donors (Lipinski definition) is 0. The van der Waals surface area contributed by atoms with E-state index in [1.54, 1.807) is 5.57 Å². The van der Waals surface area contributed by atoms with E-state index in [2.05, 4.69) is 59.4 Å². The molecule has 102 valence electrons. The second-order valence-electron chi connectivity index (χ2n) is 5.24. The van der Waals surface area contributed by atoms with Gasteiger partial charge in [-0.15, -0.1) is 0 Å². The zero-order valence-corrected chi connectivity index (χ0v) is 12.9. The van der Waals surface area contributed by atoms with Gasteiger partial charge in [0.2, 0.25) is 0 Å². The van der Waals surface area contributed by atoms with Crippen molar-refractivity contribution in [1.82, 2.24) is 0 Å². The molecule has 0 aliphatic heterocycles. The van der Waals surface area contributed by atoms with Gasteiger partial charge in [0.15, 0.2) is 0 Å². The van der Waals surface area contributed by atoms with Gasteiger partial charge in [-0.1, -0.05) is 64.2 Å². The van der Waals surface area contributed by atoms with Crippen LogP contribution in [0.25, 0.3) is 0 Å². The molecule has 0 heterocycles. The number of rotatable bonds is 8. The van der Waals surface area contributed by atoms with Gasteiger partial charge in [-0.3, -0.25) is 0 Å². The lowest BCUT2D eigenvalue weighted by Crippen LogP contribution is -1.90. The first kappa shape index (κ1) is 17.0. The predicted octanol–water partition coefficient (Wildman–Crippen LogP) is 6.23. The van der Waals surface area contributed by atoms with E-state index in [-0.39, 0.29) is 0 Å². The van der Waals surface area contributed by atoms with E-state index in [0.29, 0.717) is 0 Å². The van der Waals surface area contributed by atoms with Gasteiger partial charge in [0.25, 0.3) is 0 Å². The van der Waals surface area contributed by atoms with Crippen molar-refractivity contribution in [2.75, 3.05) is 0 Å². The highest BCUT2D eigenvalue weighted by Crippen LogP contribution is 2.17. The second-order valence-corrected chi connectivity index (χ2v) is 5.24. The summed E-state index contributed by atoms with van der Waals surface area (Å²) in [6, 6.07) is 0. The third-order valence-electron chi connectivity index (χ3n) is 3.27. The van der Waals surface area contributed by atoms with Crippen LogP contribution in [0.4, 0.5) is 0 Å². The molecule has 0 aromatic rings. The van der Waals surface area contributed by atoms with Gasteiger partial charge < -0.3 is 0 Å². The summed E-state index contributed by atoms with van der Waals surface area (Å²) in [5.41, 5.74) is 4.28. The Kier molecular flexibility index (Phi) is 9.36. The minimum atomic E-state index is 0.789. The highest BCUT2D eigenvalue weighted by atomic mass is 14.0. The molecule has 0 saturated heterocycles. The lowest BCUT2D eigenvalue weighted by Gasteiger charge is -2.07. The van der Waals surface area contributed by atoms with E-state index in [1.807, 2.05) is 6.08 Å². The standard InChI is InChI=1S/C18H30/c1-7-10-18(9-3)16(6)12-14-17(8-2)13-11-15(4)5/h7,10,12,14-15H,1,8-9,11,13H2,2-6H3/b16-12+,17-14+,18-10+. The van der Waals surface area contributed by atoms with Crippen molar-refractivity contribution >= 4 is 0 Å². The van der Waals surface area contributed by atoms with Crippen molar-refractivity contribution in [3.8, 4) is 0 Å². The minimum Gasteiger partial charge on any atom is -0.0991 e. The largest absolute Gasteiger partial charge is 0.0991 e. The average Bonchev–Trinajstić information content (AvgIpc) is 2.35. The van der Waals surface area contributed by atoms with Gasteiger partial charge in [0.1, 0.15) is 0 Å². The molecule has 0 atom stereocenters. The molecular weight excluding hydrogens is 216 g/mol. The van der Waals surface area contributed by atoms with Crippen molar-refractivity contribution in [2.45, 2.75) is 60.3 Å². The van der Waals surface area contributed by atoms with Crippen molar-refractivity contribution in [3.05, 3.63) is 47.6 Å². The molecule has 18 heavy (non-hydrogen) atoms. The fourth-order valence-corrected chi connectivity index (χ4v) is 1.87. The van der Waals surface area contributed by atoms with Gasteiger partial charge in [-0.05, 0) is 49.7 Å². The lowest BCUT2D eigenvalue weighted by molar-refractivity contribution is 0.579. The summed E-state index contributed by atoms with van der Waals surface area (Å²) < 4.78 is 0. The van der Waals surface area contributed by atoms with E-state index < -0.39 is 0 Å². The van der Waals surface area contributed by atoms with E-state index >= 15 is 0 Å². The highest BCUT2D eigenvalue weighted by molar-refractivity contribution is 5.34. The van der Waals surface area contributed by atoms with Gasteiger partial charge in [0.05, 0.1) is 0 Å². The monoisotopic (exact) mass is 246 g/mol. The molecule has 0 aliphatic carbocycles. The van der Waals surface area contributed by atoms with E-state index in [4.69, 9.17) is 0 Å². The molecule has 0 radical (unpaired) electrons. The molecule has 0 aromatic carbocycles. The van der Waals surface area contributed by atoms with Crippen LogP contribution in [0.15, 0.2) is 47.6 Å². The van der Waals surface area contributed by atoms with Gasteiger partial charge in [-0.25, -0.2) is 0 Å². The summed E-state index contributed by atoms with van der Waals surface area (Å²) in [5.74, 6) is 0.789. The van der Waals surface area contributed by atoms with Crippen LogP contribution in [0.3, 0.4) is 0 Å². The van der Waals surface area contributed by atoms with Crippen molar-refractivity contribution in [1.29, 1.82) is 0 Å². The smallest absolute Gasteiger partial charge is 0.0305 e. The van der Waals surface area contributed by atoms with Crippen LogP contribution < -0.4 is 0 Å². The Labute approximate surface area is 114 Å². The predicted molar refractivity (Wildman–Crippen MR) is 84.8 cm³/mol. The highest BCUT2D eigenvalue weighted by Gasteiger charge is 1.98. The Morgan fingerprint density at radius 1 is 1.06 bits per heavy atom. The molecule has 0 saturated carbocycles. The van der Waals surface area contributed by atoms with Crippen LogP contribution in [0.1, 0.15) is 60.3 Å². The summed E-state index contributed by atoms with van der Waals surface area (Å²) in [5, 5.41) is 0. The fraction of sp³-hybridized carbons (Fsp3) is 0.556. The molecule has 0 aliphatic rings. The van der Waals surface area contributed by atoms with Crippen molar-refractivity contribution < 1.29 is 0 Å². The number of hydrogen-bond acceptors (Lipinski definition) is 0. The molecule has 0 spiro atoms. The first-order chi connectivity index (χ1) is 8.54. The van der Waals surface area contributed by atoms with Crippen LogP contribution in [-0.2, 0) is 0 Å². The Hall–Kier alpha value is -1.04. The van der Waals surface area contributed by atoms with Crippen molar-refractivity contribution in [3.63, 3.8) is 0 Å². The molecule has 0 aromatic heterocycles. The van der Waals surface area contributed by atoms with Crippen molar-refractivity contribution in [2.24, 2.45) is 5.92 Å². The maximum Gasteiger partial charge on any atom is -0.0305 e. The summed E-state index contributed by atoms with van der Waals surface area (Å²) in [4.78, 5) is 0. The Balaban J connectivity index is 4.71. The third-order valence-corrected chi connectivity index (χ3v) is 3.27. The molecule has 0 heteroatoms. The van der Waals surface area contributed by atoms with Crippen LogP contribution in [0.2, 0.25) is 0 Å². The van der Waals surface area contributed by atoms with Crippen LogP contribution >= 0.6 is 0 Å². The molecular formula is C18H30. The Bertz CT molecular complexity index is 324. The van der Waals surface area contributed by atoms with E-state index in [0.717, 1.165) is 18.8 Å². The fourth-order valence-electron chi connectivity index (χ4n) is 1.87. The van der Waals surface area contributed by atoms with E-state index in [9.17, 15) is 0 Å². The Morgan fingerprint density at radius 2 is 1.72 bits per heavy atom. The zero-order chi connectivity index (χ0) is 14.0. The minimum absolute atomic E-state index is 0.789. The SMILES string of the molecule is C=C/C=C(CC)/C(C)=C/C=C(\CC)CCC(C)C. The molecule has 0 unspecified atom stereocenters. The molecule has 0 N–H and O–H groups in total. The maximum atomic E-state index is 3.77. The topological polar surface area (TPSA) is 0 Å². The van der Waals surface area contributed by atoms with Crippen LogP contribution in [0.5, 0.6) is 0 Å².